The highest BCUT2D eigenvalue weighted by molar-refractivity contribution is 7.90. The van der Waals surface area contributed by atoms with Crippen LogP contribution in [0, 0.1) is 12.7 Å². The number of aromatic nitrogens is 2. The van der Waals surface area contributed by atoms with E-state index in [1.54, 1.807) is 12.1 Å². The second-order valence-corrected chi connectivity index (χ2v) is 7.47. The molecule has 0 aliphatic heterocycles. The van der Waals surface area contributed by atoms with Crippen molar-refractivity contribution in [3.05, 3.63) is 77.9 Å². The fraction of sp³-hybridized carbons (Fsp3) is 0.111. The number of aryl methyl sites for hydroxylation is 1. The molecule has 0 spiro atoms. The molecule has 0 saturated heterocycles. The van der Waals surface area contributed by atoms with Crippen molar-refractivity contribution in [2.24, 2.45) is 0 Å². The zero-order valence-corrected chi connectivity index (χ0v) is 14.7. The van der Waals surface area contributed by atoms with E-state index in [0.29, 0.717) is 11.3 Å². The van der Waals surface area contributed by atoms with Crippen LogP contribution in [-0.2, 0) is 21.2 Å². The first-order chi connectivity index (χ1) is 12.3. The SMILES string of the molecule is Cc1ccc(CC(=O)NS(=O)(=O)c2cnn(-c3ccc(F)cc3)c2)cc1. The molecule has 0 saturated carbocycles. The van der Waals surface area contributed by atoms with Crippen molar-refractivity contribution in [1.29, 1.82) is 0 Å². The highest BCUT2D eigenvalue weighted by atomic mass is 32.2. The van der Waals surface area contributed by atoms with E-state index in [-0.39, 0.29) is 11.3 Å². The molecule has 6 nitrogen and oxygen atoms in total. The summed E-state index contributed by atoms with van der Waals surface area (Å²) in [6.45, 7) is 1.92. The van der Waals surface area contributed by atoms with Gasteiger partial charge in [0.05, 0.1) is 24.5 Å². The van der Waals surface area contributed by atoms with Crippen LogP contribution < -0.4 is 4.72 Å². The second-order valence-electron chi connectivity index (χ2n) is 5.79. The molecule has 1 amide bonds. The summed E-state index contributed by atoms with van der Waals surface area (Å²) in [4.78, 5) is 11.9. The molecule has 3 aromatic rings. The molecule has 0 bridgehead atoms. The van der Waals surface area contributed by atoms with E-state index in [9.17, 15) is 17.6 Å². The Kier molecular flexibility index (Phi) is 4.85. The van der Waals surface area contributed by atoms with Gasteiger partial charge in [-0.1, -0.05) is 29.8 Å². The normalized spacial score (nSPS) is 11.3. The monoisotopic (exact) mass is 373 g/mol. The van der Waals surface area contributed by atoms with Crippen molar-refractivity contribution in [2.75, 3.05) is 0 Å². The predicted octanol–water partition coefficient (Wildman–Crippen LogP) is 2.37. The van der Waals surface area contributed by atoms with Crippen LogP contribution in [0.5, 0.6) is 0 Å². The Morgan fingerprint density at radius 3 is 2.42 bits per heavy atom. The lowest BCUT2D eigenvalue weighted by Gasteiger charge is -2.05. The van der Waals surface area contributed by atoms with Crippen molar-refractivity contribution in [3.63, 3.8) is 0 Å². The summed E-state index contributed by atoms with van der Waals surface area (Å²) >= 11 is 0. The van der Waals surface area contributed by atoms with E-state index in [4.69, 9.17) is 0 Å². The van der Waals surface area contributed by atoms with Crippen molar-refractivity contribution in [3.8, 4) is 5.69 Å². The van der Waals surface area contributed by atoms with Crippen LogP contribution in [0.3, 0.4) is 0 Å². The van der Waals surface area contributed by atoms with Gasteiger partial charge in [0.1, 0.15) is 10.7 Å². The molecular weight excluding hydrogens is 357 g/mol. The highest BCUT2D eigenvalue weighted by Crippen LogP contribution is 2.13. The average molecular weight is 373 g/mol. The van der Waals surface area contributed by atoms with E-state index in [1.807, 2.05) is 23.8 Å². The summed E-state index contributed by atoms with van der Waals surface area (Å²) in [5, 5.41) is 3.95. The molecule has 1 heterocycles. The third kappa shape index (κ3) is 4.15. The maximum atomic E-state index is 13.0. The molecule has 0 unspecified atom stereocenters. The van der Waals surface area contributed by atoms with Gasteiger partial charge in [0.2, 0.25) is 5.91 Å². The Morgan fingerprint density at radius 1 is 1.12 bits per heavy atom. The van der Waals surface area contributed by atoms with E-state index in [0.717, 1.165) is 11.8 Å². The molecule has 1 aromatic heterocycles. The Balaban J connectivity index is 1.72. The van der Waals surface area contributed by atoms with Gasteiger partial charge in [-0.25, -0.2) is 22.2 Å². The number of hydrogen-bond acceptors (Lipinski definition) is 4. The van der Waals surface area contributed by atoms with Crippen LogP contribution in [0.4, 0.5) is 4.39 Å². The number of sulfonamides is 1. The van der Waals surface area contributed by atoms with E-state index < -0.39 is 21.7 Å². The molecule has 134 valence electrons. The van der Waals surface area contributed by atoms with Crippen LogP contribution in [0.15, 0.2) is 65.8 Å². The van der Waals surface area contributed by atoms with Gasteiger partial charge in [-0.3, -0.25) is 4.79 Å². The van der Waals surface area contributed by atoms with E-state index in [2.05, 4.69) is 5.10 Å². The van der Waals surface area contributed by atoms with Crippen molar-refractivity contribution in [2.45, 2.75) is 18.2 Å². The number of hydrogen-bond donors (Lipinski definition) is 1. The molecule has 2 aromatic carbocycles. The number of rotatable bonds is 5. The Morgan fingerprint density at radius 2 is 1.77 bits per heavy atom. The molecule has 26 heavy (non-hydrogen) atoms. The summed E-state index contributed by atoms with van der Waals surface area (Å²) in [5.41, 5.74) is 2.26. The summed E-state index contributed by atoms with van der Waals surface area (Å²) in [7, 11) is -4.04. The summed E-state index contributed by atoms with van der Waals surface area (Å²) in [6.07, 6.45) is 2.34. The summed E-state index contributed by atoms with van der Waals surface area (Å²) < 4.78 is 41.0. The van der Waals surface area contributed by atoms with Crippen LogP contribution in [0.25, 0.3) is 5.69 Å². The number of halogens is 1. The Bertz CT molecular complexity index is 1030. The number of carbonyl (C=O) groups excluding carboxylic acids is 1. The number of nitrogens with zero attached hydrogens (tertiary/aromatic N) is 2. The van der Waals surface area contributed by atoms with Gasteiger partial charge in [0, 0.05) is 0 Å². The smallest absolute Gasteiger partial charge is 0.267 e. The molecule has 0 aliphatic rings. The lowest BCUT2D eigenvalue weighted by atomic mass is 10.1. The molecule has 8 heteroatoms. The van der Waals surface area contributed by atoms with Gasteiger partial charge in [0.15, 0.2) is 0 Å². The second kappa shape index (κ2) is 7.09. The van der Waals surface area contributed by atoms with Crippen molar-refractivity contribution >= 4 is 15.9 Å². The first-order valence-electron chi connectivity index (χ1n) is 7.75. The quantitative estimate of drug-likeness (QED) is 0.744. The minimum atomic E-state index is -4.04. The Labute approximate surface area is 150 Å². The fourth-order valence-electron chi connectivity index (χ4n) is 2.32. The lowest BCUT2D eigenvalue weighted by Crippen LogP contribution is -2.31. The van der Waals surface area contributed by atoms with Gasteiger partial charge in [-0.15, -0.1) is 0 Å². The molecular formula is C18H16FN3O3S. The first-order valence-corrected chi connectivity index (χ1v) is 9.24. The average Bonchev–Trinajstić information content (AvgIpc) is 3.08. The van der Waals surface area contributed by atoms with Crippen LogP contribution in [0.1, 0.15) is 11.1 Å². The minimum Gasteiger partial charge on any atom is -0.274 e. The maximum absolute atomic E-state index is 13.0. The van der Waals surface area contributed by atoms with E-state index in [1.165, 1.54) is 35.1 Å². The molecule has 0 aliphatic carbocycles. The number of nitrogens with one attached hydrogen (secondary N) is 1. The van der Waals surface area contributed by atoms with Gasteiger partial charge in [-0.05, 0) is 36.8 Å². The van der Waals surface area contributed by atoms with Crippen molar-refractivity contribution < 1.29 is 17.6 Å². The number of carbonyl (C=O) groups is 1. The first kappa shape index (κ1) is 17.8. The summed E-state index contributed by atoms with van der Waals surface area (Å²) in [5.74, 6) is -1.04. The molecule has 1 N–H and O–H groups in total. The lowest BCUT2D eigenvalue weighted by molar-refractivity contribution is -0.118. The number of amides is 1. The van der Waals surface area contributed by atoms with Crippen LogP contribution >= 0.6 is 0 Å². The van der Waals surface area contributed by atoms with Crippen LogP contribution in [0.2, 0.25) is 0 Å². The predicted molar refractivity (Wildman–Crippen MR) is 93.7 cm³/mol. The molecule has 0 atom stereocenters. The maximum Gasteiger partial charge on any atom is 0.267 e. The fourth-order valence-corrected chi connectivity index (χ4v) is 3.23. The highest BCUT2D eigenvalue weighted by Gasteiger charge is 2.20. The molecule has 3 rings (SSSR count). The van der Waals surface area contributed by atoms with E-state index >= 15 is 0 Å². The Hall–Kier alpha value is -3.00. The molecule has 0 radical (unpaired) electrons. The van der Waals surface area contributed by atoms with Crippen LogP contribution in [-0.4, -0.2) is 24.1 Å². The summed E-state index contributed by atoms with van der Waals surface area (Å²) in [6, 6.07) is 12.7. The largest absolute Gasteiger partial charge is 0.274 e. The van der Waals surface area contributed by atoms with Gasteiger partial charge < -0.3 is 0 Å². The number of benzene rings is 2. The minimum absolute atomic E-state index is 0.0500. The zero-order valence-electron chi connectivity index (χ0n) is 13.9. The van der Waals surface area contributed by atoms with Gasteiger partial charge in [0.25, 0.3) is 10.0 Å². The topological polar surface area (TPSA) is 81.1 Å². The van der Waals surface area contributed by atoms with Gasteiger partial charge in [-0.2, -0.15) is 5.10 Å². The van der Waals surface area contributed by atoms with Gasteiger partial charge >= 0.3 is 0 Å². The molecule has 0 fully saturated rings. The standard InChI is InChI=1S/C18H16FN3O3S/c1-13-2-4-14(5-3-13)10-18(23)21-26(24,25)17-11-20-22(12-17)16-8-6-15(19)7-9-16/h2-9,11-12H,10H2,1H3,(H,21,23). The zero-order chi connectivity index (χ0) is 18.7. The van der Waals surface area contributed by atoms with Crippen molar-refractivity contribution in [1.82, 2.24) is 14.5 Å². The third-order valence-electron chi connectivity index (χ3n) is 3.69. The third-order valence-corrected chi connectivity index (χ3v) is 5.02.